The summed E-state index contributed by atoms with van der Waals surface area (Å²) in [5.41, 5.74) is 4.63. The molecule has 0 saturated carbocycles. The van der Waals surface area contributed by atoms with E-state index in [1.54, 1.807) is 0 Å². The Hall–Kier alpha value is -2.24. The molecule has 2 heterocycles. The molecule has 4 nitrogen and oxygen atoms in total. The van der Waals surface area contributed by atoms with Crippen molar-refractivity contribution in [2.75, 3.05) is 24.6 Å². The lowest BCUT2D eigenvalue weighted by Crippen LogP contribution is -2.39. The molecule has 134 valence electrons. The highest BCUT2D eigenvalue weighted by Gasteiger charge is 2.21. The van der Waals surface area contributed by atoms with E-state index in [1.165, 1.54) is 22.1 Å². The zero-order chi connectivity index (χ0) is 18.1. The summed E-state index contributed by atoms with van der Waals surface area (Å²) in [5.74, 6) is 0.545. The molecule has 0 N–H and O–H groups in total. The number of nitrogens with zero attached hydrogens (tertiary/aromatic N) is 2. The fourth-order valence-electron chi connectivity index (χ4n) is 3.48. The SMILES string of the molecule is Cc1cc2c(-c3ccc(CN4CCS(=O)(=O)CC4)cc3)cccc2cn1. The monoisotopic (exact) mass is 366 g/mol. The molecule has 1 saturated heterocycles. The predicted molar refractivity (Wildman–Crippen MR) is 106 cm³/mol. The zero-order valence-electron chi connectivity index (χ0n) is 14.9. The topological polar surface area (TPSA) is 50.3 Å². The minimum atomic E-state index is -2.82. The van der Waals surface area contributed by atoms with Gasteiger partial charge >= 0.3 is 0 Å². The van der Waals surface area contributed by atoms with Crippen LogP contribution in [-0.2, 0) is 16.4 Å². The van der Waals surface area contributed by atoms with Crippen LogP contribution in [0.1, 0.15) is 11.3 Å². The number of aryl methyl sites for hydroxylation is 1. The maximum atomic E-state index is 11.6. The van der Waals surface area contributed by atoms with Gasteiger partial charge in [-0.25, -0.2) is 8.42 Å². The van der Waals surface area contributed by atoms with E-state index in [0.717, 1.165) is 17.6 Å². The molecule has 0 radical (unpaired) electrons. The highest BCUT2D eigenvalue weighted by atomic mass is 32.2. The summed E-state index contributed by atoms with van der Waals surface area (Å²) < 4.78 is 23.1. The molecule has 0 aliphatic carbocycles. The fourth-order valence-corrected chi connectivity index (χ4v) is 4.76. The van der Waals surface area contributed by atoms with Gasteiger partial charge in [-0.15, -0.1) is 0 Å². The molecule has 1 aliphatic heterocycles. The van der Waals surface area contributed by atoms with Gasteiger partial charge in [0.05, 0.1) is 11.5 Å². The van der Waals surface area contributed by atoms with Crippen LogP contribution in [-0.4, -0.2) is 42.9 Å². The summed E-state index contributed by atoms with van der Waals surface area (Å²) in [6.07, 6.45) is 1.92. The van der Waals surface area contributed by atoms with E-state index in [9.17, 15) is 8.42 Å². The van der Waals surface area contributed by atoms with Crippen LogP contribution in [0.15, 0.2) is 54.7 Å². The molecule has 0 atom stereocenters. The Labute approximate surface area is 154 Å². The third-order valence-corrected chi connectivity index (χ3v) is 6.62. The number of hydrogen-bond acceptors (Lipinski definition) is 4. The van der Waals surface area contributed by atoms with Crippen molar-refractivity contribution in [1.82, 2.24) is 9.88 Å². The number of sulfone groups is 1. The average Bonchev–Trinajstić information content (AvgIpc) is 2.64. The molecule has 1 fully saturated rings. The van der Waals surface area contributed by atoms with Gasteiger partial charge in [-0.2, -0.15) is 0 Å². The molecule has 2 aromatic carbocycles. The van der Waals surface area contributed by atoms with Crippen molar-refractivity contribution >= 4 is 20.6 Å². The smallest absolute Gasteiger partial charge is 0.152 e. The standard InChI is InChI=1S/C21H22N2O2S/c1-16-13-21-19(14-22-16)3-2-4-20(21)18-7-5-17(6-8-18)15-23-9-11-26(24,25)12-10-23/h2-8,13-14H,9-12,15H2,1H3. The summed E-state index contributed by atoms with van der Waals surface area (Å²) in [6.45, 7) is 4.06. The summed E-state index contributed by atoms with van der Waals surface area (Å²) >= 11 is 0. The number of fused-ring (bicyclic) bond motifs is 1. The molecule has 0 amide bonds. The molecular formula is C21H22N2O2S. The number of hydrogen-bond donors (Lipinski definition) is 0. The van der Waals surface area contributed by atoms with Gasteiger partial charge in [0.2, 0.25) is 0 Å². The van der Waals surface area contributed by atoms with Gasteiger partial charge in [-0.3, -0.25) is 9.88 Å². The van der Waals surface area contributed by atoms with Gasteiger partial charge in [0.25, 0.3) is 0 Å². The first-order valence-corrected chi connectivity index (χ1v) is 10.7. The lowest BCUT2D eigenvalue weighted by molar-refractivity contribution is 0.287. The highest BCUT2D eigenvalue weighted by molar-refractivity contribution is 7.91. The molecule has 0 bridgehead atoms. The molecular weight excluding hydrogens is 344 g/mol. The van der Waals surface area contributed by atoms with Crippen molar-refractivity contribution in [2.45, 2.75) is 13.5 Å². The number of rotatable bonds is 3. The van der Waals surface area contributed by atoms with E-state index in [4.69, 9.17) is 0 Å². The first-order chi connectivity index (χ1) is 12.5. The summed E-state index contributed by atoms with van der Waals surface area (Å²) in [6, 6.07) is 17.0. The number of pyridine rings is 1. The molecule has 1 aliphatic rings. The van der Waals surface area contributed by atoms with E-state index in [-0.39, 0.29) is 11.5 Å². The Balaban J connectivity index is 1.56. The van der Waals surface area contributed by atoms with Crippen molar-refractivity contribution < 1.29 is 8.42 Å². The van der Waals surface area contributed by atoms with Crippen LogP contribution in [0.3, 0.4) is 0 Å². The van der Waals surface area contributed by atoms with Crippen molar-refractivity contribution in [2.24, 2.45) is 0 Å². The first-order valence-electron chi connectivity index (χ1n) is 8.88. The second-order valence-corrected chi connectivity index (χ2v) is 9.28. The average molecular weight is 366 g/mol. The van der Waals surface area contributed by atoms with Crippen LogP contribution in [0.4, 0.5) is 0 Å². The molecule has 0 unspecified atom stereocenters. The van der Waals surface area contributed by atoms with Gasteiger partial charge in [-0.05, 0) is 35.1 Å². The molecule has 1 aromatic heterocycles. The minimum absolute atomic E-state index is 0.272. The van der Waals surface area contributed by atoms with Crippen LogP contribution in [0.2, 0.25) is 0 Å². The van der Waals surface area contributed by atoms with Gasteiger partial charge in [0.15, 0.2) is 9.84 Å². The normalized spacial score (nSPS) is 17.4. The van der Waals surface area contributed by atoms with Crippen LogP contribution < -0.4 is 0 Å². The Bertz CT molecular complexity index is 1030. The number of aromatic nitrogens is 1. The van der Waals surface area contributed by atoms with Crippen molar-refractivity contribution in [3.8, 4) is 11.1 Å². The van der Waals surface area contributed by atoms with Crippen molar-refractivity contribution in [1.29, 1.82) is 0 Å². The third-order valence-electron chi connectivity index (χ3n) is 5.01. The third kappa shape index (κ3) is 3.64. The van der Waals surface area contributed by atoms with Crippen molar-refractivity contribution in [3.63, 3.8) is 0 Å². The van der Waals surface area contributed by atoms with E-state index in [1.807, 2.05) is 13.1 Å². The van der Waals surface area contributed by atoms with E-state index in [2.05, 4.69) is 58.4 Å². The summed E-state index contributed by atoms with van der Waals surface area (Å²) in [5, 5.41) is 2.36. The Morgan fingerprint density at radius 1 is 1.04 bits per heavy atom. The Kier molecular flexibility index (Phi) is 4.51. The molecule has 5 heteroatoms. The molecule has 0 spiro atoms. The summed E-state index contributed by atoms with van der Waals surface area (Å²) in [4.78, 5) is 6.59. The first kappa shape index (κ1) is 17.2. The molecule has 3 aromatic rings. The highest BCUT2D eigenvalue weighted by Crippen LogP contribution is 2.29. The Morgan fingerprint density at radius 2 is 1.77 bits per heavy atom. The van der Waals surface area contributed by atoms with Crippen molar-refractivity contribution in [3.05, 3.63) is 66.0 Å². The van der Waals surface area contributed by atoms with Crippen LogP contribution in [0.25, 0.3) is 21.9 Å². The molecule has 26 heavy (non-hydrogen) atoms. The van der Waals surface area contributed by atoms with Gasteiger partial charge < -0.3 is 0 Å². The quantitative estimate of drug-likeness (QED) is 0.712. The zero-order valence-corrected chi connectivity index (χ0v) is 15.7. The lowest BCUT2D eigenvalue weighted by Gasteiger charge is -2.26. The predicted octanol–water partition coefficient (Wildman–Crippen LogP) is 3.44. The second kappa shape index (κ2) is 6.82. The summed E-state index contributed by atoms with van der Waals surface area (Å²) in [7, 11) is -2.82. The van der Waals surface area contributed by atoms with E-state index >= 15 is 0 Å². The van der Waals surface area contributed by atoms with Crippen LogP contribution >= 0.6 is 0 Å². The minimum Gasteiger partial charge on any atom is -0.297 e. The lowest BCUT2D eigenvalue weighted by atomic mass is 9.98. The largest absolute Gasteiger partial charge is 0.297 e. The van der Waals surface area contributed by atoms with Crippen LogP contribution in [0.5, 0.6) is 0 Å². The van der Waals surface area contributed by atoms with Crippen LogP contribution in [0, 0.1) is 6.92 Å². The van der Waals surface area contributed by atoms with Gasteiger partial charge in [0, 0.05) is 36.9 Å². The van der Waals surface area contributed by atoms with E-state index < -0.39 is 9.84 Å². The molecule has 4 rings (SSSR count). The number of benzene rings is 2. The van der Waals surface area contributed by atoms with E-state index in [0.29, 0.717) is 13.1 Å². The maximum Gasteiger partial charge on any atom is 0.152 e. The Morgan fingerprint density at radius 3 is 2.50 bits per heavy atom. The maximum absolute atomic E-state index is 11.6. The fraction of sp³-hybridized carbons (Fsp3) is 0.286. The second-order valence-electron chi connectivity index (χ2n) is 6.98. The van der Waals surface area contributed by atoms with Gasteiger partial charge in [-0.1, -0.05) is 42.5 Å². The van der Waals surface area contributed by atoms with Gasteiger partial charge in [0.1, 0.15) is 0 Å².